The zero-order valence-corrected chi connectivity index (χ0v) is 15.4. The molecular weight excluding hydrogens is 352 g/mol. The predicted molar refractivity (Wildman–Crippen MR) is 102 cm³/mol. The van der Waals surface area contributed by atoms with Gasteiger partial charge in [-0.15, -0.1) is 0 Å². The molecule has 0 atom stereocenters. The Kier molecular flexibility index (Phi) is 5.01. The van der Waals surface area contributed by atoms with E-state index in [9.17, 15) is 0 Å². The van der Waals surface area contributed by atoms with Crippen molar-refractivity contribution in [2.24, 2.45) is 0 Å². The van der Waals surface area contributed by atoms with Gasteiger partial charge < -0.3 is 10.1 Å². The first-order chi connectivity index (χ1) is 12.7. The third kappa shape index (κ3) is 3.65. The van der Waals surface area contributed by atoms with E-state index in [1.807, 2.05) is 31.2 Å². The van der Waals surface area contributed by atoms with Crippen LogP contribution in [0.3, 0.4) is 0 Å². The van der Waals surface area contributed by atoms with E-state index in [0.29, 0.717) is 10.8 Å². The first kappa shape index (κ1) is 17.2. The molecule has 0 aliphatic carbocycles. The van der Waals surface area contributed by atoms with Gasteiger partial charge in [0.15, 0.2) is 5.65 Å². The molecule has 0 radical (unpaired) electrons. The molecule has 0 bridgehead atoms. The van der Waals surface area contributed by atoms with Crippen molar-refractivity contribution in [2.75, 3.05) is 44.7 Å². The molecule has 1 aliphatic rings. The van der Waals surface area contributed by atoms with Gasteiger partial charge in [0, 0.05) is 31.2 Å². The molecule has 4 rings (SSSR count). The summed E-state index contributed by atoms with van der Waals surface area (Å²) in [6, 6.07) is 7.58. The Labute approximate surface area is 156 Å². The Morgan fingerprint density at radius 3 is 2.88 bits per heavy atom. The predicted octanol–water partition coefficient (Wildman–Crippen LogP) is 2.52. The molecule has 3 aromatic rings. The van der Waals surface area contributed by atoms with Crippen LogP contribution in [0.2, 0.25) is 5.02 Å². The molecule has 0 spiro atoms. The average molecular weight is 373 g/mol. The number of halogens is 1. The second-order valence-corrected chi connectivity index (χ2v) is 6.71. The van der Waals surface area contributed by atoms with Crippen LogP contribution in [0.25, 0.3) is 16.7 Å². The minimum absolute atomic E-state index is 0.667. The number of rotatable bonds is 5. The van der Waals surface area contributed by atoms with Gasteiger partial charge >= 0.3 is 0 Å². The van der Waals surface area contributed by atoms with E-state index < -0.39 is 0 Å². The monoisotopic (exact) mass is 372 g/mol. The number of nitrogens with one attached hydrogen (secondary N) is 1. The van der Waals surface area contributed by atoms with Crippen molar-refractivity contribution in [1.82, 2.24) is 24.6 Å². The number of hydrogen-bond donors (Lipinski definition) is 1. The van der Waals surface area contributed by atoms with Crippen molar-refractivity contribution in [3.05, 3.63) is 41.3 Å². The van der Waals surface area contributed by atoms with Crippen molar-refractivity contribution >= 4 is 28.5 Å². The molecule has 3 heterocycles. The Bertz CT molecular complexity index is 906. The first-order valence-electron chi connectivity index (χ1n) is 8.73. The lowest BCUT2D eigenvalue weighted by Gasteiger charge is -2.26. The number of benzene rings is 1. The summed E-state index contributed by atoms with van der Waals surface area (Å²) in [7, 11) is 0. The van der Waals surface area contributed by atoms with Gasteiger partial charge in [0.25, 0.3) is 0 Å². The fraction of sp³-hybridized carbons (Fsp3) is 0.389. The van der Waals surface area contributed by atoms with Crippen molar-refractivity contribution in [1.29, 1.82) is 0 Å². The van der Waals surface area contributed by atoms with Crippen LogP contribution >= 0.6 is 11.6 Å². The number of aryl methyl sites for hydroxylation is 1. The standard InChI is InChI=1S/C18H21ClN6O/c1-13-22-17(20-5-6-24-7-9-26-10-8-24)16-12-21-25(18(16)23-13)15-4-2-3-14(19)11-15/h2-4,11-12H,5-10H2,1H3,(H,20,22,23). The van der Waals surface area contributed by atoms with Gasteiger partial charge in [-0.2, -0.15) is 5.10 Å². The van der Waals surface area contributed by atoms with Crippen molar-refractivity contribution < 1.29 is 4.74 Å². The summed E-state index contributed by atoms with van der Waals surface area (Å²) in [4.78, 5) is 11.5. The number of hydrogen-bond acceptors (Lipinski definition) is 6. The lowest BCUT2D eigenvalue weighted by atomic mass is 10.3. The average Bonchev–Trinajstić information content (AvgIpc) is 3.06. The number of ether oxygens (including phenoxy) is 1. The molecule has 0 saturated carbocycles. The van der Waals surface area contributed by atoms with Crippen LogP contribution in [0, 0.1) is 6.92 Å². The minimum Gasteiger partial charge on any atom is -0.379 e. The van der Waals surface area contributed by atoms with E-state index in [-0.39, 0.29) is 0 Å². The summed E-state index contributed by atoms with van der Waals surface area (Å²) in [5.41, 5.74) is 1.65. The minimum atomic E-state index is 0.667. The van der Waals surface area contributed by atoms with Crippen molar-refractivity contribution in [3.8, 4) is 5.69 Å². The number of morpholine rings is 1. The molecule has 0 amide bonds. The van der Waals surface area contributed by atoms with Gasteiger partial charge in [0.2, 0.25) is 0 Å². The molecular formula is C18H21ClN6O. The molecule has 1 saturated heterocycles. The third-order valence-corrected chi connectivity index (χ3v) is 4.65. The normalized spacial score (nSPS) is 15.5. The molecule has 8 heteroatoms. The fourth-order valence-corrected chi connectivity index (χ4v) is 3.29. The third-order valence-electron chi connectivity index (χ3n) is 4.42. The maximum atomic E-state index is 6.12. The lowest BCUT2D eigenvalue weighted by Crippen LogP contribution is -2.39. The van der Waals surface area contributed by atoms with Crippen molar-refractivity contribution in [2.45, 2.75) is 6.92 Å². The Balaban J connectivity index is 1.57. The second-order valence-electron chi connectivity index (χ2n) is 6.27. The topological polar surface area (TPSA) is 68.1 Å². The second kappa shape index (κ2) is 7.57. The molecule has 26 heavy (non-hydrogen) atoms. The summed E-state index contributed by atoms with van der Waals surface area (Å²) in [6.45, 7) is 7.23. The summed E-state index contributed by atoms with van der Waals surface area (Å²) < 4.78 is 7.18. The molecule has 1 N–H and O–H groups in total. The zero-order valence-electron chi connectivity index (χ0n) is 14.7. The van der Waals surface area contributed by atoms with Gasteiger partial charge in [0.05, 0.1) is 30.5 Å². The zero-order chi connectivity index (χ0) is 17.9. The van der Waals surface area contributed by atoms with Crippen LogP contribution in [0.15, 0.2) is 30.5 Å². The number of aromatic nitrogens is 4. The lowest BCUT2D eigenvalue weighted by molar-refractivity contribution is 0.0398. The molecule has 136 valence electrons. The van der Waals surface area contributed by atoms with E-state index in [0.717, 1.165) is 61.9 Å². The highest BCUT2D eigenvalue weighted by Crippen LogP contribution is 2.23. The number of fused-ring (bicyclic) bond motifs is 1. The van der Waals surface area contributed by atoms with Gasteiger partial charge in [-0.05, 0) is 25.1 Å². The summed E-state index contributed by atoms with van der Waals surface area (Å²) in [6.07, 6.45) is 1.80. The highest BCUT2D eigenvalue weighted by Gasteiger charge is 2.14. The van der Waals surface area contributed by atoms with Crippen LogP contribution in [-0.2, 0) is 4.74 Å². The maximum absolute atomic E-state index is 6.12. The van der Waals surface area contributed by atoms with Crippen LogP contribution in [0.4, 0.5) is 5.82 Å². The van der Waals surface area contributed by atoms with E-state index in [1.165, 1.54) is 0 Å². The van der Waals surface area contributed by atoms with E-state index in [4.69, 9.17) is 16.3 Å². The fourth-order valence-electron chi connectivity index (χ4n) is 3.11. The number of nitrogens with zero attached hydrogens (tertiary/aromatic N) is 5. The van der Waals surface area contributed by atoms with Crippen LogP contribution in [0.1, 0.15) is 5.82 Å². The van der Waals surface area contributed by atoms with Gasteiger partial charge in [0.1, 0.15) is 11.6 Å². The molecule has 1 fully saturated rings. The van der Waals surface area contributed by atoms with E-state index >= 15 is 0 Å². The highest BCUT2D eigenvalue weighted by atomic mass is 35.5. The van der Waals surface area contributed by atoms with Crippen molar-refractivity contribution in [3.63, 3.8) is 0 Å². The maximum Gasteiger partial charge on any atom is 0.168 e. The van der Waals surface area contributed by atoms with Gasteiger partial charge in [-0.25, -0.2) is 14.6 Å². The highest BCUT2D eigenvalue weighted by molar-refractivity contribution is 6.30. The first-order valence-corrected chi connectivity index (χ1v) is 9.11. The quantitative estimate of drug-likeness (QED) is 0.742. The smallest absolute Gasteiger partial charge is 0.168 e. The Hall–Kier alpha value is -2.22. The Morgan fingerprint density at radius 1 is 1.23 bits per heavy atom. The number of anilines is 1. The molecule has 2 aromatic heterocycles. The summed E-state index contributed by atoms with van der Waals surface area (Å²) >= 11 is 6.12. The summed E-state index contributed by atoms with van der Waals surface area (Å²) in [5.74, 6) is 1.52. The Morgan fingerprint density at radius 2 is 2.08 bits per heavy atom. The van der Waals surface area contributed by atoms with Crippen LogP contribution in [-0.4, -0.2) is 64.0 Å². The SMILES string of the molecule is Cc1nc(NCCN2CCOCC2)c2cnn(-c3cccc(Cl)c3)c2n1. The summed E-state index contributed by atoms with van der Waals surface area (Å²) in [5, 5.41) is 9.50. The largest absolute Gasteiger partial charge is 0.379 e. The van der Waals surface area contributed by atoms with E-state index in [1.54, 1.807) is 10.9 Å². The molecule has 1 aromatic carbocycles. The van der Waals surface area contributed by atoms with E-state index in [2.05, 4.69) is 25.3 Å². The van der Waals surface area contributed by atoms with Gasteiger partial charge in [-0.1, -0.05) is 17.7 Å². The van der Waals surface area contributed by atoms with Crippen LogP contribution in [0.5, 0.6) is 0 Å². The molecule has 0 unspecified atom stereocenters. The molecule has 7 nitrogen and oxygen atoms in total. The van der Waals surface area contributed by atoms with Crippen LogP contribution < -0.4 is 5.32 Å². The molecule has 1 aliphatic heterocycles. The van der Waals surface area contributed by atoms with Gasteiger partial charge in [-0.3, -0.25) is 4.90 Å².